The summed E-state index contributed by atoms with van der Waals surface area (Å²) >= 11 is 0. The number of carbonyl (C=O) groups excluding carboxylic acids is 1. The van der Waals surface area contributed by atoms with Crippen LogP contribution in [0.25, 0.3) is 10.9 Å². The Kier molecular flexibility index (Phi) is 3.26. The van der Waals surface area contributed by atoms with Gasteiger partial charge in [-0.1, -0.05) is 0 Å². The molecule has 0 radical (unpaired) electrons. The van der Waals surface area contributed by atoms with Crippen LogP contribution < -0.4 is 5.73 Å². The Morgan fingerprint density at radius 2 is 2.20 bits per heavy atom. The summed E-state index contributed by atoms with van der Waals surface area (Å²) in [6.45, 7) is 5.62. The number of fused-ring (bicyclic) bond motifs is 1. The van der Waals surface area contributed by atoms with E-state index in [4.69, 9.17) is 5.73 Å². The van der Waals surface area contributed by atoms with Gasteiger partial charge in [-0.2, -0.15) is 0 Å². The van der Waals surface area contributed by atoms with E-state index in [9.17, 15) is 4.79 Å². The summed E-state index contributed by atoms with van der Waals surface area (Å²) in [5, 5.41) is 1.13. The highest BCUT2D eigenvalue weighted by molar-refractivity contribution is 5.99. The third-order valence-corrected chi connectivity index (χ3v) is 4.30. The quantitative estimate of drug-likeness (QED) is 0.836. The second-order valence-electron chi connectivity index (χ2n) is 5.79. The van der Waals surface area contributed by atoms with Gasteiger partial charge in [-0.25, -0.2) is 0 Å². The molecule has 1 atom stereocenters. The number of carbonyl (C=O) groups is 1. The Balaban J connectivity index is 1.93. The van der Waals surface area contributed by atoms with E-state index in [-0.39, 0.29) is 11.9 Å². The molecule has 1 aliphatic rings. The zero-order valence-electron chi connectivity index (χ0n) is 12.1. The summed E-state index contributed by atoms with van der Waals surface area (Å²) in [4.78, 5) is 17.8. The number of amides is 1. The van der Waals surface area contributed by atoms with Gasteiger partial charge >= 0.3 is 0 Å². The van der Waals surface area contributed by atoms with Crippen molar-refractivity contribution in [2.45, 2.75) is 32.7 Å². The smallest absolute Gasteiger partial charge is 0.253 e. The lowest BCUT2D eigenvalue weighted by Gasteiger charge is -2.30. The maximum absolute atomic E-state index is 12.6. The first kappa shape index (κ1) is 13.2. The Morgan fingerprint density at radius 1 is 1.40 bits per heavy atom. The summed E-state index contributed by atoms with van der Waals surface area (Å²) in [7, 11) is 0. The summed E-state index contributed by atoms with van der Waals surface area (Å²) in [5.74, 6) is 0.0975. The molecule has 0 bridgehead atoms. The van der Waals surface area contributed by atoms with E-state index in [1.54, 1.807) is 0 Å². The molecule has 20 heavy (non-hydrogen) atoms. The number of nitrogens with zero attached hydrogens (tertiary/aromatic N) is 1. The number of likely N-dealkylation sites (tertiary alicyclic amines) is 1. The van der Waals surface area contributed by atoms with Crippen molar-refractivity contribution >= 4 is 16.8 Å². The fourth-order valence-corrected chi connectivity index (χ4v) is 2.97. The van der Waals surface area contributed by atoms with Crippen molar-refractivity contribution in [1.29, 1.82) is 0 Å². The molecule has 0 saturated carbocycles. The summed E-state index contributed by atoms with van der Waals surface area (Å²) in [6.07, 6.45) is 2.01. The maximum atomic E-state index is 12.6. The van der Waals surface area contributed by atoms with Crippen LogP contribution in [0.1, 0.15) is 34.5 Å². The van der Waals surface area contributed by atoms with Crippen molar-refractivity contribution in [1.82, 2.24) is 9.88 Å². The van der Waals surface area contributed by atoms with E-state index in [2.05, 4.69) is 18.8 Å². The minimum Gasteiger partial charge on any atom is -0.358 e. The highest BCUT2D eigenvalue weighted by Crippen LogP contribution is 2.23. The zero-order chi connectivity index (χ0) is 14.3. The largest absolute Gasteiger partial charge is 0.358 e. The van der Waals surface area contributed by atoms with Gasteiger partial charge in [0.25, 0.3) is 5.91 Å². The van der Waals surface area contributed by atoms with Gasteiger partial charge in [-0.15, -0.1) is 0 Å². The number of rotatable bonds is 1. The van der Waals surface area contributed by atoms with E-state index < -0.39 is 0 Å². The first-order chi connectivity index (χ1) is 9.56. The molecule has 0 unspecified atom stereocenters. The maximum Gasteiger partial charge on any atom is 0.253 e. The molecule has 1 amide bonds. The van der Waals surface area contributed by atoms with Gasteiger partial charge in [0.15, 0.2) is 0 Å². The lowest BCUT2D eigenvalue weighted by Crippen LogP contribution is -2.45. The summed E-state index contributed by atoms with van der Waals surface area (Å²) in [6, 6.07) is 6.01. The third-order valence-electron chi connectivity index (χ3n) is 4.30. The summed E-state index contributed by atoms with van der Waals surface area (Å²) < 4.78 is 0. The van der Waals surface area contributed by atoms with Crippen LogP contribution >= 0.6 is 0 Å². The molecule has 106 valence electrons. The van der Waals surface area contributed by atoms with Crippen LogP contribution in [0.4, 0.5) is 0 Å². The van der Waals surface area contributed by atoms with Crippen LogP contribution in [0.5, 0.6) is 0 Å². The molecule has 3 N–H and O–H groups in total. The molecule has 4 heteroatoms. The monoisotopic (exact) mass is 271 g/mol. The fraction of sp³-hybridized carbons (Fsp3) is 0.438. The zero-order valence-corrected chi connectivity index (χ0v) is 12.1. The van der Waals surface area contributed by atoms with Gasteiger partial charge in [0.05, 0.1) is 0 Å². The molecule has 1 aliphatic heterocycles. The first-order valence-electron chi connectivity index (χ1n) is 7.20. The van der Waals surface area contributed by atoms with E-state index in [0.717, 1.165) is 41.5 Å². The van der Waals surface area contributed by atoms with Crippen molar-refractivity contribution in [3.8, 4) is 0 Å². The van der Waals surface area contributed by atoms with E-state index >= 15 is 0 Å². The second kappa shape index (κ2) is 4.94. The second-order valence-corrected chi connectivity index (χ2v) is 5.79. The van der Waals surface area contributed by atoms with E-state index in [1.165, 1.54) is 5.56 Å². The predicted octanol–water partition coefficient (Wildman–Crippen LogP) is 2.35. The average molecular weight is 271 g/mol. The topological polar surface area (TPSA) is 62.1 Å². The molecule has 2 aromatic rings. The Labute approximate surface area is 118 Å². The number of nitrogens with two attached hydrogens (primary N) is 1. The molecule has 0 spiro atoms. The minimum atomic E-state index is 0.0975. The van der Waals surface area contributed by atoms with Crippen LogP contribution in [0.15, 0.2) is 18.2 Å². The average Bonchev–Trinajstić information content (AvgIpc) is 2.73. The summed E-state index contributed by atoms with van der Waals surface area (Å²) in [5.41, 5.74) is 10.2. The number of hydrogen-bond acceptors (Lipinski definition) is 2. The molecular formula is C16H21N3O. The van der Waals surface area contributed by atoms with Crippen LogP contribution in [0.2, 0.25) is 0 Å². The number of aryl methyl sites for hydroxylation is 2. The molecular weight excluding hydrogens is 250 g/mol. The normalized spacial score (nSPS) is 19.6. The fourth-order valence-electron chi connectivity index (χ4n) is 2.97. The third kappa shape index (κ3) is 2.20. The van der Waals surface area contributed by atoms with Crippen LogP contribution in [-0.2, 0) is 0 Å². The van der Waals surface area contributed by atoms with Gasteiger partial charge in [0, 0.05) is 41.3 Å². The number of aromatic nitrogens is 1. The van der Waals surface area contributed by atoms with E-state index in [1.807, 2.05) is 23.1 Å². The number of nitrogens with one attached hydrogen (secondary N) is 1. The van der Waals surface area contributed by atoms with E-state index in [0.29, 0.717) is 6.54 Å². The van der Waals surface area contributed by atoms with Gasteiger partial charge in [-0.3, -0.25) is 4.79 Å². The standard InChI is InChI=1S/C16H21N3O/c1-10-11(2)18-15-6-5-12(8-14(10)15)16(20)19-7-3-4-13(17)9-19/h5-6,8,13,18H,3-4,7,9,17H2,1-2H3/t13-/m1/s1. The first-order valence-corrected chi connectivity index (χ1v) is 7.20. The van der Waals surface area contributed by atoms with Crippen LogP contribution in [0, 0.1) is 13.8 Å². The van der Waals surface area contributed by atoms with Crippen LogP contribution in [-0.4, -0.2) is 34.9 Å². The predicted molar refractivity (Wildman–Crippen MR) is 80.9 cm³/mol. The number of H-pyrrole nitrogens is 1. The molecule has 1 aromatic heterocycles. The molecule has 4 nitrogen and oxygen atoms in total. The van der Waals surface area contributed by atoms with Gasteiger partial charge in [-0.05, 0) is 50.5 Å². The molecule has 2 heterocycles. The van der Waals surface area contributed by atoms with Gasteiger partial charge in [0.2, 0.25) is 0 Å². The molecule has 3 rings (SSSR count). The number of aromatic amines is 1. The SMILES string of the molecule is Cc1[nH]c2ccc(C(=O)N3CCC[C@@H](N)C3)cc2c1C. The molecule has 1 fully saturated rings. The van der Waals surface area contributed by atoms with Crippen molar-refractivity contribution in [2.24, 2.45) is 5.73 Å². The van der Waals surface area contributed by atoms with Crippen molar-refractivity contribution in [3.05, 3.63) is 35.0 Å². The molecule has 1 aromatic carbocycles. The number of benzene rings is 1. The Bertz CT molecular complexity index is 659. The van der Waals surface area contributed by atoms with Gasteiger partial charge in [0.1, 0.15) is 0 Å². The Hall–Kier alpha value is -1.81. The Morgan fingerprint density at radius 3 is 2.95 bits per heavy atom. The van der Waals surface area contributed by atoms with Crippen molar-refractivity contribution < 1.29 is 4.79 Å². The van der Waals surface area contributed by atoms with Crippen LogP contribution in [0.3, 0.4) is 0 Å². The molecule has 0 aliphatic carbocycles. The van der Waals surface area contributed by atoms with Gasteiger partial charge < -0.3 is 15.6 Å². The number of piperidine rings is 1. The lowest BCUT2D eigenvalue weighted by molar-refractivity contribution is 0.0709. The molecule has 1 saturated heterocycles. The highest BCUT2D eigenvalue weighted by Gasteiger charge is 2.22. The van der Waals surface area contributed by atoms with Crippen molar-refractivity contribution in [3.63, 3.8) is 0 Å². The minimum absolute atomic E-state index is 0.0975. The highest BCUT2D eigenvalue weighted by atomic mass is 16.2. The van der Waals surface area contributed by atoms with Crippen molar-refractivity contribution in [2.75, 3.05) is 13.1 Å². The number of hydrogen-bond donors (Lipinski definition) is 2. The lowest BCUT2D eigenvalue weighted by atomic mass is 10.0.